The molecule has 0 aromatic carbocycles. The van der Waals surface area contributed by atoms with Crippen molar-refractivity contribution in [2.24, 2.45) is 0 Å². The predicted octanol–water partition coefficient (Wildman–Crippen LogP) is -0.0568. The van der Waals surface area contributed by atoms with E-state index < -0.39 is 0 Å². The number of unbranched alkanes of at least 4 members (excludes halogenated alkanes) is 2. The number of nitrogens with one attached hydrogen (secondary N) is 2. The van der Waals surface area contributed by atoms with Crippen molar-refractivity contribution in [1.29, 1.82) is 10.8 Å². The number of hydrogen-bond donors (Lipinski definition) is 4. The number of aliphatic hydroxyl groups excluding tert-OH is 2. The van der Waals surface area contributed by atoms with E-state index in [0.717, 1.165) is 31.4 Å². The van der Waals surface area contributed by atoms with E-state index in [1.807, 2.05) is 0 Å². The summed E-state index contributed by atoms with van der Waals surface area (Å²) in [6, 6.07) is 0. The fourth-order valence-corrected chi connectivity index (χ4v) is 0.400. The molecule has 0 amide bonds. The fraction of sp³-hybridized carbons (Fsp3) is 0.714. The van der Waals surface area contributed by atoms with E-state index in [-0.39, 0.29) is 13.2 Å². The van der Waals surface area contributed by atoms with Gasteiger partial charge in [-0.1, -0.05) is 0 Å². The van der Waals surface area contributed by atoms with Crippen LogP contribution in [0.1, 0.15) is 19.3 Å². The van der Waals surface area contributed by atoms with Crippen LogP contribution in [0, 0.1) is 10.8 Å². The molecule has 4 N–H and O–H groups in total. The van der Waals surface area contributed by atoms with Crippen LogP contribution in [0.3, 0.4) is 0 Å². The average molecular weight is 190 g/mol. The first-order valence-corrected chi connectivity index (χ1v) is 3.54. The molecule has 0 aliphatic heterocycles. The third kappa shape index (κ3) is 112. The number of hydrogen-bond acceptors (Lipinski definition) is 6. The van der Waals surface area contributed by atoms with Gasteiger partial charge in [-0.15, -0.1) is 0 Å². The second-order valence-corrected chi connectivity index (χ2v) is 1.71. The van der Waals surface area contributed by atoms with Crippen LogP contribution >= 0.6 is 0 Å². The Kier molecular flexibility index (Phi) is 42.2. The smallest absolute Gasteiger partial charge is 0.231 e. The Bertz CT molecular complexity index is 121. The molecule has 0 unspecified atom stereocenters. The normalized spacial score (nSPS) is 6.31. The van der Waals surface area contributed by atoms with E-state index in [2.05, 4.69) is 0 Å². The molecule has 0 aromatic rings. The molecule has 0 fully saturated rings. The highest BCUT2D eigenvalue weighted by molar-refractivity contribution is 5.26. The molecule has 0 heterocycles. The van der Waals surface area contributed by atoms with Gasteiger partial charge in [0.25, 0.3) is 0 Å². The number of isocyanates is 2. The molecule has 6 nitrogen and oxygen atoms in total. The Morgan fingerprint density at radius 1 is 0.846 bits per heavy atom. The molecule has 0 aromatic heterocycles. The maximum absolute atomic E-state index is 8.35. The molecule has 0 aliphatic carbocycles. The lowest BCUT2D eigenvalue weighted by Gasteiger charge is -1.90. The van der Waals surface area contributed by atoms with Crippen molar-refractivity contribution in [3.05, 3.63) is 0 Å². The van der Waals surface area contributed by atoms with E-state index in [0.29, 0.717) is 0 Å². The maximum Gasteiger partial charge on any atom is 0.231 e. The second kappa shape index (κ2) is 31.0. The molecule has 0 radical (unpaired) electrons. The van der Waals surface area contributed by atoms with Crippen LogP contribution < -0.4 is 0 Å². The van der Waals surface area contributed by atoms with Gasteiger partial charge >= 0.3 is 0 Å². The number of rotatable bonds is 4. The molecular formula is C7H14N2O4. The van der Waals surface area contributed by atoms with Crippen molar-refractivity contribution < 1.29 is 19.8 Å². The summed E-state index contributed by atoms with van der Waals surface area (Å²) in [5.41, 5.74) is 0. The summed E-state index contributed by atoms with van der Waals surface area (Å²) in [5.74, 6) is 0. The van der Waals surface area contributed by atoms with Gasteiger partial charge in [-0.25, -0.2) is 20.4 Å². The Balaban J connectivity index is -0.000000140. The van der Waals surface area contributed by atoms with Crippen molar-refractivity contribution in [3.8, 4) is 0 Å². The zero-order valence-electron chi connectivity index (χ0n) is 7.25. The van der Waals surface area contributed by atoms with Gasteiger partial charge in [0.15, 0.2) is 0 Å². The Morgan fingerprint density at radius 2 is 1.08 bits per heavy atom. The van der Waals surface area contributed by atoms with Crippen LogP contribution in [-0.2, 0) is 9.59 Å². The van der Waals surface area contributed by atoms with Crippen LogP contribution in [0.2, 0.25) is 0 Å². The van der Waals surface area contributed by atoms with Crippen LogP contribution in [0.5, 0.6) is 0 Å². The number of carbonyl (C=O) groups excluding carboxylic acids is 2. The summed E-state index contributed by atoms with van der Waals surface area (Å²) < 4.78 is 0. The summed E-state index contributed by atoms with van der Waals surface area (Å²) in [6.45, 7) is 0.500. The van der Waals surface area contributed by atoms with E-state index in [1.54, 1.807) is 0 Å². The highest BCUT2D eigenvalue weighted by atomic mass is 16.3. The molecule has 0 atom stereocenters. The van der Waals surface area contributed by atoms with E-state index in [1.165, 1.54) is 0 Å². The zero-order valence-corrected chi connectivity index (χ0v) is 7.25. The second-order valence-electron chi connectivity index (χ2n) is 1.71. The Hall–Kier alpha value is -1.32. The van der Waals surface area contributed by atoms with E-state index in [9.17, 15) is 0 Å². The third-order valence-electron chi connectivity index (χ3n) is 0.816. The highest BCUT2D eigenvalue weighted by Gasteiger charge is 1.81. The van der Waals surface area contributed by atoms with Gasteiger partial charge in [-0.3, -0.25) is 0 Å². The highest BCUT2D eigenvalue weighted by Crippen LogP contribution is 1.90. The molecule has 0 saturated heterocycles. The summed E-state index contributed by atoms with van der Waals surface area (Å²) in [4.78, 5) is 16.7. The standard InChI is InChI=1S/C5H12O2.2CHNO/c6-4-2-1-3-5-7;2*2-1-3/h6-7H,1-5H2;2*2H. The van der Waals surface area contributed by atoms with Crippen molar-refractivity contribution in [1.82, 2.24) is 0 Å². The van der Waals surface area contributed by atoms with E-state index >= 15 is 0 Å². The molecule has 6 heteroatoms. The SMILES string of the molecule is N=C=O.N=C=O.OCCCCCO. The minimum absolute atomic E-state index is 0.250. The minimum Gasteiger partial charge on any atom is -0.396 e. The van der Waals surface area contributed by atoms with Crippen LogP contribution in [0.25, 0.3) is 0 Å². The van der Waals surface area contributed by atoms with Crippen LogP contribution in [0.4, 0.5) is 0 Å². The monoisotopic (exact) mass is 190 g/mol. The van der Waals surface area contributed by atoms with Crippen molar-refractivity contribution in [3.63, 3.8) is 0 Å². The number of aliphatic hydroxyl groups is 2. The van der Waals surface area contributed by atoms with Gasteiger partial charge < -0.3 is 10.2 Å². The first-order chi connectivity index (χ1) is 6.24. The van der Waals surface area contributed by atoms with Gasteiger partial charge in [-0.05, 0) is 19.3 Å². The predicted molar refractivity (Wildman–Crippen MR) is 44.8 cm³/mol. The maximum atomic E-state index is 8.35. The Labute approximate surface area is 76.2 Å². The summed E-state index contributed by atoms with van der Waals surface area (Å²) in [7, 11) is 0. The molecule has 76 valence electrons. The topological polar surface area (TPSA) is 122 Å². The Morgan fingerprint density at radius 3 is 1.23 bits per heavy atom. The van der Waals surface area contributed by atoms with Crippen LogP contribution in [-0.4, -0.2) is 35.6 Å². The van der Waals surface area contributed by atoms with Gasteiger partial charge in [0.1, 0.15) is 0 Å². The van der Waals surface area contributed by atoms with Crippen molar-refractivity contribution in [2.45, 2.75) is 19.3 Å². The van der Waals surface area contributed by atoms with Gasteiger partial charge in [0, 0.05) is 13.2 Å². The summed E-state index contributed by atoms with van der Waals surface area (Å²) in [6.07, 6.45) is 4.08. The fourth-order valence-electron chi connectivity index (χ4n) is 0.400. The van der Waals surface area contributed by atoms with Crippen molar-refractivity contribution in [2.75, 3.05) is 13.2 Å². The molecule has 0 aliphatic rings. The summed E-state index contributed by atoms with van der Waals surface area (Å²) >= 11 is 0. The minimum atomic E-state index is 0.250. The molecule has 0 spiro atoms. The molecule has 13 heavy (non-hydrogen) atoms. The van der Waals surface area contributed by atoms with Gasteiger partial charge in [0.05, 0.1) is 0 Å². The lowest BCUT2D eigenvalue weighted by molar-refractivity contribution is 0.257. The van der Waals surface area contributed by atoms with Crippen molar-refractivity contribution >= 4 is 12.2 Å². The lowest BCUT2D eigenvalue weighted by atomic mass is 10.2. The first kappa shape index (κ1) is 17.7. The van der Waals surface area contributed by atoms with Gasteiger partial charge in [-0.2, -0.15) is 0 Å². The lowest BCUT2D eigenvalue weighted by Crippen LogP contribution is -1.85. The molecule has 0 saturated carbocycles. The quantitative estimate of drug-likeness (QED) is 0.282. The zero-order chi connectivity index (χ0) is 10.9. The first-order valence-electron chi connectivity index (χ1n) is 3.54. The molecule has 0 rings (SSSR count). The summed E-state index contributed by atoms with van der Waals surface area (Å²) in [5, 5.41) is 27.2. The molecular weight excluding hydrogens is 176 g/mol. The van der Waals surface area contributed by atoms with E-state index in [4.69, 9.17) is 30.6 Å². The molecule has 0 bridgehead atoms. The van der Waals surface area contributed by atoms with Gasteiger partial charge in [0.2, 0.25) is 12.2 Å². The third-order valence-corrected chi connectivity index (χ3v) is 0.816. The van der Waals surface area contributed by atoms with Crippen LogP contribution in [0.15, 0.2) is 0 Å². The average Bonchev–Trinajstić information content (AvgIpc) is 2.08. The largest absolute Gasteiger partial charge is 0.396 e.